The molecule has 0 unspecified atom stereocenters. The number of hydrogen-bond acceptors (Lipinski definition) is 5. The summed E-state index contributed by atoms with van der Waals surface area (Å²) < 4.78 is 12.4. The van der Waals surface area contributed by atoms with Gasteiger partial charge in [-0.3, -0.25) is 9.59 Å². The van der Waals surface area contributed by atoms with Crippen molar-refractivity contribution in [3.05, 3.63) is 82.3 Å². The van der Waals surface area contributed by atoms with Gasteiger partial charge in [0.1, 0.15) is 18.1 Å². The Balaban J connectivity index is 1.69. The second-order valence-electron chi connectivity index (χ2n) is 6.50. The van der Waals surface area contributed by atoms with E-state index in [9.17, 15) is 9.59 Å². The van der Waals surface area contributed by atoms with E-state index in [1.807, 2.05) is 30.3 Å². The summed E-state index contributed by atoms with van der Waals surface area (Å²) in [7, 11) is 3.22. The maximum Gasteiger partial charge on any atom is 0.278 e. The number of carbonyl (C=O) groups is 1. The zero-order chi connectivity index (χ0) is 20.8. The van der Waals surface area contributed by atoms with E-state index in [-0.39, 0.29) is 12.3 Å². The van der Waals surface area contributed by atoms with E-state index in [2.05, 4.69) is 5.10 Å². The third kappa shape index (κ3) is 4.82. The van der Waals surface area contributed by atoms with Crippen LogP contribution in [-0.4, -0.2) is 47.9 Å². The number of para-hydroxylation sites is 1. The zero-order valence-electron chi connectivity index (χ0n) is 16.7. The molecule has 7 nitrogen and oxygen atoms in total. The summed E-state index contributed by atoms with van der Waals surface area (Å²) in [6.45, 7) is 2.38. The Morgan fingerprint density at radius 3 is 2.38 bits per heavy atom. The molecule has 0 spiro atoms. The number of aromatic nitrogens is 2. The molecule has 0 aliphatic heterocycles. The number of aryl methyl sites for hydroxylation is 1. The van der Waals surface area contributed by atoms with Gasteiger partial charge in [0, 0.05) is 18.8 Å². The van der Waals surface area contributed by atoms with Crippen LogP contribution in [0.2, 0.25) is 0 Å². The molecule has 7 heteroatoms. The molecule has 0 atom stereocenters. The molecule has 3 aromatic rings. The Bertz CT molecular complexity index is 1030. The number of benzene rings is 2. The number of nitrogens with zero attached hydrogens (tertiary/aromatic N) is 3. The SMILES string of the molecule is COc1ccc(OCCN(C)C(=O)c2nn(-c3ccccc3)c(C)cc2=O)cc1. The van der Waals surface area contributed by atoms with Gasteiger partial charge in [-0.1, -0.05) is 18.2 Å². The summed E-state index contributed by atoms with van der Waals surface area (Å²) in [6.07, 6.45) is 0. The number of hydrogen-bond donors (Lipinski definition) is 0. The Hall–Kier alpha value is -3.61. The summed E-state index contributed by atoms with van der Waals surface area (Å²) in [6, 6.07) is 18.0. The fraction of sp³-hybridized carbons (Fsp3) is 0.227. The average molecular weight is 393 g/mol. The van der Waals surface area contributed by atoms with Crippen LogP contribution in [-0.2, 0) is 0 Å². The van der Waals surface area contributed by atoms with Crippen molar-refractivity contribution in [3.8, 4) is 17.2 Å². The molecule has 0 aliphatic carbocycles. The van der Waals surface area contributed by atoms with Gasteiger partial charge >= 0.3 is 0 Å². The number of amides is 1. The molecule has 3 rings (SSSR count). The van der Waals surface area contributed by atoms with Crippen molar-refractivity contribution in [2.75, 3.05) is 27.3 Å². The van der Waals surface area contributed by atoms with Gasteiger partial charge in [-0.15, -0.1) is 0 Å². The maximum absolute atomic E-state index is 12.8. The fourth-order valence-corrected chi connectivity index (χ4v) is 2.78. The van der Waals surface area contributed by atoms with Gasteiger partial charge in [0.25, 0.3) is 5.91 Å². The standard InChI is InChI=1S/C22H23N3O4/c1-16-15-20(26)21(23-25(16)17-7-5-4-6-8-17)22(27)24(2)13-14-29-19-11-9-18(28-3)10-12-19/h4-12,15H,13-14H2,1-3H3. The number of ether oxygens (including phenoxy) is 2. The van der Waals surface area contributed by atoms with Crippen LogP contribution >= 0.6 is 0 Å². The van der Waals surface area contributed by atoms with Crippen LogP contribution in [0.4, 0.5) is 0 Å². The van der Waals surface area contributed by atoms with Gasteiger partial charge in [-0.2, -0.15) is 5.10 Å². The van der Waals surface area contributed by atoms with E-state index < -0.39 is 11.3 Å². The van der Waals surface area contributed by atoms with Gasteiger partial charge in [0.15, 0.2) is 5.69 Å². The monoisotopic (exact) mass is 393 g/mol. The molecular weight excluding hydrogens is 370 g/mol. The first-order valence-electron chi connectivity index (χ1n) is 9.18. The predicted octanol–water partition coefficient (Wildman–Crippen LogP) is 2.70. The summed E-state index contributed by atoms with van der Waals surface area (Å²) >= 11 is 0. The summed E-state index contributed by atoms with van der Waals surface area (Å²) in [5.41, 5.74) is 0.918. The average Bonchev–Trinajstić information content (AvgIpc) is 2.74. The summed E-state index contributed by atoms with van der Waals surface area (Å²) in [5.74, 6) is 0.967. The lowest BCUT2D eigenvalue weighted by Crippen LogP contribution is -2.36. The molecule has 150 valence electrons. The molecule has 0 N–H and O–H groups in total. The second kappa shape index (κ2) is 9.05. The number of likely N-dealkylation sites (N-methyl/N-ethyl adjacent to an activating group) is 1. The van der Waals surface area contributed by atoms with Crippen molar-refractivity contribution in [1.82, 2.24) is 14.7 Å². The van der Waals surface area contributed by atoms with Crippen LogP contribution in [0.5, 0.6) is 11.5 Å². The molecular formula is C22H23N3O4. The van der Waals surface area contributed by atoms with E-state index >= 15 is 0 Å². The van der Waals surface area contributed by atoms with Crippen LogP contribution in [0.1, 0.15) is 16.2 Å². The van der Waals surface area contributed by atoms with Crippen molar-refractivity contribution in [2.45, 2.75) is 6.92 Å². The van der Waals surface area contributed by atoms with Crippen LogP contribution in [0.15, 0.2) is 65.5 Å². The first kappa shape index (κ1) is 20.1. The van der Waals surface area contributed by atoms with Crippen molar-refractivity contribution in [2.24, 2.45) is 0 Å². The number of carbonyl (C=O) groups excluding carboxylic acids is 1. The molecule has 1 amide bonds. The Morgan fingerprint density at radius 1 is 1.07 bits per heavy atom. The highest BCUT2D eigenvalue weighted by Crippen LogP contribution is 2.17. The predicted molar refractivity (Wildman–Crippen MR) is 110 cm³/mol. The molecule has 29 heavy (non-hydrogen) atoms. The van der Waals surface area contributed by atoms with Crippen molar-refractivity contribution in [3.63, 3.8) is 0 Å². The first-order valence-corrected chi connectivity index (χ1v) is 9.18. The van der Waals surface area contributed by atoms with Gasteiger partial charge < -0.3 is 14.4 Å². The molecule has 0 aliphatic rings. The molecule has 0 saturated heterocycles. The molecule has 0 radical (unpaired) electrons. The normalized spacial score (nSPS) is 10.4. The van der Waals surface area contributed by atoms with E-state index in [4.69, 9.17) is 9.47 Å². The third-order valence-electron chi connectivity index (χ3n) is 4.41. The molecule has 1 aromatic heterocycles. The molecule has 0 fully saturated rings. The van der Waals surface area contributed by atoms with Gasteiger partial charge in [0.05, 0.1) is 19.3 Å². The lowest BCUT2D eigenvalue weighted by atomic mass is 10.2. The molecule has 0 saturated carbocycles. The van der Waals surface area contributed by atoms with Crippen LogP contribution in [0.25, 0.3) is 5.69 Å². The first-order chi connectivity index (χ1) is 14.0. The van der Waals surface area contributed by atoms with Crippen LogP contribution in [0.3, 0.4) is 0 Å². The minimum atomic E-state index is -0.446. The largest absolute Gasteiger partial charge is 0.497 e. The van der Waals surface area contributed by atoms with E-state index in [0.717, 1.165) is 11.4 Å². The van der Waals surface area contributed by atoms with Crippen molar-refractivity contribution < 1.29 is 14.3 Å². The van der Waals surface area contributed by atoms with Crippen molar-refractivity contribution in [1.29, 1.82) is 0 Å². The Morgan fingerprint density at radius 2 is 1.72 bits per heavy atom. The van der Waals surface area contributed by atoms with Gasteiger partial charge in [-0.05, 0) is 43.3 Å². The molecule has 1 heterocycles. The van der Waals surface area contributed by atoms with Gasteiger partial charge in [-0.25, -0.2) is 4.68 Å². The molecule has 2 aromatic carbocycles. The highest BCUT2D eigenvalue weighted by atomic mass is 16.5. The highest BCUT2D eigenvalue weighted by molar-refractivity contribution is 5.91. The fourth-order valence-electron chi connectivity index (χ4n) is 2.78. The van der Waals surface area contributed by atoms with E-state index in [1.165, 1.54) is 11.0 Å². The van der Waals surface area contributed by atoms with E-state index in [0.29, 0.717) is 18.0 Å². The lowest BCUT2D eigenvalue weighted by Gasteiger charge is -2.18. The number of rotatable bonds is 7. The minimum Gasteiger partial charge on any atom is -0.497 e. The Kier molecular flexibility index (Phi) is 6.29. The second-order valence-corrected chi connectivity index (χ2v) is 6.50. The third-order valence-corrected chi connectivity index (χ3v) is 4.41. The van der Waals surface area contributed by atoms with E-state index in [1.54, 1.807) is 50.0 Å². The van der Waals surface area contributed by atoms with Crippen LogP contribution < -0.4 is 14.9 Å². The molecule has 0 bridgehead atoms. The van der Waals surface area contributed by atoms with Crippen molar-refractivity contribution >= 4 is 5.91 Å². The lowest BCUT2D eigenvalue weighted by molar-refractivity contribution is 0.0764. The quantitative estimate of drug-likeness (QED) is 0.617. The minimum absolute atomic E-state index is 0.119. The summed E-state index contributed by atoms with van der Waals surface area (Å²) in [5, 5.41) is 4.31. The summed E-state index contributed by atoms with van der Waals surface area (Å²) in [4.78, 5) is 26.6. The van der Waals surface area contributed by atoms with Crippen LogP contribution in [0, 0.1) is 6.92 Å². The zero-order valence-corrected chi connectivity index (χ0v) is 16.7. The van der Waals surface area contributed by atoms with Gasteiger partial charge in [0.2, 0.25) is 5.43 Å². The number of methoxy groups -OCH3 is 1. The maximum atomic E-state index is 12.8. The smallest absolute Gasteiger partial charge is 0.278 e. The highest BCUT2D eigenvalue weighted by Gasteiger charge is 2.19. The topological polar surface area (TPSA) is 73.7 Å². The Labute approximate surface area is 169 Å².